The van der Waals surface area contributed by atoms with Crippen molar-refractivity contribution in [2.75, 3.05) is 26.7 Å². The Morgan fingerprint density at radius 1 is 1.37 bits per heavy atom. The first-order chi connectivity index (χ1) is 9.31. The van der Waals surface area contributed by atoms with Crippen molar-refractivity contribution in [3.8, 4) is 6.07 Å². The maximum Gasteiger partial charge on any atom is 0.0837 e. The molecule has 1 heterocycles. The highest BCUT2D eigenvalue weighted by Gasteiger charge is 2.19. The van der Waals surface area contributed by atoms with Crippen LogP contribution >= 0.6 is 0 Å². The maximum atomic E-state index is 9.27. The molecule has 102 valence electrons. The molecule has 3 nitrogen and oxygen atoms in total. The molecule has 2 rings (SSSR count). The van der Waals surface area contributed by atoms with Gasteiger partial charge >= 0.3 is 0 Å². The first-order valence-corrected chi connectivity index (χ1v) is 7.17. The third kappa shape index (κ3) is 4.05. The molecule has 2 unspecified atom stereocenters. The first kappa shape index (κ1) is 14.0. The Kier molecular flexibility index (Phi) is 5.38. The van der Waals surface area contributed by atoms with Crippen LogP contribution in [-0.4, -0.2) is 37.6 Å². The molecule has 1 fully saturated rings. The quantitative estimate of drug-likeness (QED) is 0.880. The van der Waals surface area contributed by atoms with Gasteiger partial charge in [0.25, 0.3) is 0 Å². The predicted octanol–water partition coefficient (Wildman–Crippen LogP) is 2.37. The lowest BCUT2D eigenvalue weighted by Gasteiger charge is -2.32. The molecule has 2 atom stereocenters. The Balaban J connectivity index is 1.79. The molecule has 0 saturated carbocycles. The monoisotopic (exact) mass is 257 g/mol. The average Bonchev–Trinajstić information content (AvgIpc) is 2.46. The van der Waals surface area contributed by atoms with Crippen LogP contribution < -0.4 is 5.32 Å². The van der Waals surface area contributed by atoms with Crippen molar-refractivity contribution in [3.05, 3.63) is 35.9 Å². The molecule has 0 spiro atoms. The molecule has 1 saturated heterocycles. The summed E-state index contributed by atoms with van der Waals surface area (Å²) < 4.78 is 0. The van der Waals surface area contributed by atoms with Gasteiger partial charge < -0.3 is 10.2 Å². The van der Waals surface area contributed by atoms with E-state index in [2.05, 4.69) is 23.3 Å². The van der Waals surface area contributed by atoms with Crippen LogP contribution in [0.15, 0.2) is 30.3 Å². The Bertz CT molecular complexity index is 410. The number of nitrogens with zero attached hydrogens (tertiary/aromatic N) is 2. The largest absolute Gasteiger partial charge is 0.314 e. The number of hydrogen-bond donors (Lipinski definition) is 1. The van der Waals surface area contributed by atoms with E-state index < -0.39 is 0 Å². The molecule has 1 aliphatic heterocycles. The van der Waals surface area contributed by atoms with Gasteiger partial charge in [0.15, 0.2) is 0 Å². The summed E-state index contributed by atoms with van der Waals surface area (Å²) >= 11 is 0. The highest BCUT2D eigenvalue weighted by molar-refractivity contribution is 5.24. The summed E-state index contributed by atoms with van der Waals surface area (Å²) in [5, 5.41) is 12.7. The fraction of sp³-hybridized carbons (Fsp3) is 0.562. The van der Waals surface area contributed by atoms with Gasteiger partial charge in [-0.2, -0.15) is 5.26 Å². The van der Waals surface area contributed by atoms with Crippen molar-refractivity contribution in [3.63, 3.8) is 0 Å². The van der Waals surface area contributed by atoms with Crippen molar-refractivity contribution in [2.45, 2.75) is 31.2 Å². The molecule has 0 aliphatic carbocycles. The van der Waals surface area contributed by atoms with Gasteiger partial charge in [0.2, 0.25) is 0 Å². The third-order valence-corrected chi connectivity index (χ3v) is 4.01. The molecule has 1 aromatic rings. The van der Waals surface area contributed by atoms with E-state index in [4.69, 9.17) is 0 Å². The lowest BCUT2D eigenvalue weighted by atomic mass is 10.00. The summed E-state index contributed by atoms with van der Waals surface area (Å²) in [6, 6.07) is 13.1. The minimum atomic E-state index is -0.0462. The van der Waals surface area contributed by atoms with Gasteiger partial charge in [-0.1, -0.05) is 36.8 Å². The van der Waals surface area contributed by atoms with Crippen LogP contribution in [0.4, 0.5) is 0 Å². The number of benzene rings is 1. The van der Waals surface area contributed by atoms with Crippen molar-refractivity contribution in [1.82, 2.24) is 10.2 Å². The second-order valence-corrected chi connectivity index (χ2v) is 5.38. The summed E-state index contributed by atoms with van der Waals surface area (Å²) in [4.78, 5) is 2.43. The normalized spacial score (nSPS) is 21.8. The summed E-state index contributed by atoms with van der Waals surface area (Å²) in [5.74, 6) is -0.0462. The molecule has 1 aliphatic rings. The van der Waals surface area contributed by atoms with E-state index in [9.17, 15) is 5.26 Å². The van der Waals surface area contributed by atoms with Crippen molar-refractivity contribution >= 4 is 0 Å². The van der Waals surface area contributed by atoms with Gasteiger partial charge in [-0.05, 0) is 32.0 Å². The number of likely N-dealkylation sites (tertiary alicyclic amines) is 1. The van der Waals surface area contributed by atoms with Crippen LogP contribution in [0.1, 0.15) is 30.7 Å². The number of nitrogens with one attached hydrogen (secondary N) is 1. The average molecular weight is 257 g/mol. The van der Waals surface area contributed by atoms with Crippen LogP contribution in [0.3, 0.4) is 0 Å². The molecule has 19 heavy (non-hydrogen) atoms. The summed E-state index contributed by atoms with van der Waals surface area (Å²) in [6.45, 7) is 2.93. The second-order valence-electron chi connectivity index (χ2n) is 5.38. The fourth-order valence-corrected chi connectivity index (χ4v) is 2.72. The summed E-state index contributed by atoms with van der Waals surface area (Å²) in [7, 11) is 2.20. The topological polar surface area (TPSA) is 39.1 Å². The zero-order valence-corrected chi connectivity index (χ0v) is 11.7. The van der Waals surface area contributed by atoms with Gasteiger partial charge in [0.05, 0.1) is 12.0 Å². The van der Waals surface area contributed by atoms with Gasteiger partial charge in [-0.25, -0.2) is 0 Å². The SMILES string of the molecule is CN1CCCCC1CNCC(C#N)c1ccccc1. The van der Waals surface area contributed by atoms with Gasteiger partial charge in [0, 0.05) is 19.1 Å². The van der Waals surface area contributed by atoms with E-state index >= 15 is 0 Å². The highest BCUT2D eigenvalue weighted by Crippen LogP contribution is 2.16. The molecular weight excluding hydrogens is 234 g/mol. The maximum absolute atomic E-state index is 9.27. The Labute approximate surface area is 116 Å². The fourth-order valence-electron chi connectivity index (χ4n) is 2.72. The number of nitriles is 1. The number of hydrogen-bond acceptors (Lipinski definition) is 3. The van der Waals surface area contributed by atoms with Gasteiger partial charge in [-0.3, -0.25) is 0 Å². The molecular formula is C16H23N3. The van der Waals surface area contributed by atoms with E-state index in [0.29, 0.717) is 6.04 Å². The molecule has 1 aromatic carbocycles. The molecule has 3 heteroatoms. The van der Waals surface area contributed by atoms with E-state index in [1.54, 1.807) is 0 Å². The highest BCUT2D eigenvalue weighted by atomic mass is 15.2. The Morgan fingerprint density at radius 3 is 2.84 bits per heavy atom. The van der Waals surface area contributed by atoms with E-state index in [-0.39, 0.29) is 5.92 Å². The Morgan fingerprint density at radius 2 is 2.16 bits per heavy atom. The molecule has 0 bridgehead atoms. The molecule has 0 aromatic heterocycles. The van der Waals surface area contributed by atoms with Gasteiger partial charge in [0.1, 0.15) is 0 Å². The van der Waals surface area contributed by atoms with Crippen molar-refractivity contribution < 1.29 is 0 Å². The van der Waals surface area contributed by atoms with E-state index in [1.807, 2.05) is 30.3 Å². The first-order valence-electron chi connectivity index (χ1n) is 7.17. The lowest BCUT2D eigenvalue weighted by molar-refractivity contribution is 0.181. The number of likely N-dealkylation sites (N-methyl/N-ethyl adjacent to an activating group) is 1. The van der Waals surface area contributed by atoms with Crippen molar-refractivity contribution in [2.24, 2.45) is 0 Å². The van der Waals surface area contributed by atoms with Crippen molar-refractivity contribution in [1.29, 1.82) is 5.26 Å². The standard InChI is InChI=1S/C16H23N3/c1-19-10-6-5-9-16(19)13-18-12-15(11-17)14-7-3-2-4-8-14/h2-4,7-8,15-16,18H,5-6,9-10,12-13H2,1H3. The minimum Gasteiger partial charge on any atom is -0.314 e. The number of rotatable bonds is 5. The zero-order chi connectivity index (χ0) is 13.5. The van der Waals surface area contributed by atoms with Gasteiger partial charge in [-0.15, -0.1) is 0 Å². The number of piperidine rings is 1. The van der Waals surface area contributed by atoms with Crippen LogP contribution in [0.5, 0.6) is 0 Å². The third-order valence-electron chi connectivity index (χ3n) is 4.01. The van der Waals surface area contributed by atoms with Crippen LogP contribution in [0, 0.1) is 11.3 Å². The zero-order valence-electron chi connectivity index (χ0n) is 11.7. The minimum absolute atomic E-state index is 0.0462. The lowest BCUT2D eigenvalue weighted by Crippen LogP contribution is -2.43. The van der Waals surface area contributed by atoms with Crippen LogP contribution in [0.25, 0.3) is 0 Å². The van der Waals surface area contributed by atoms with Crippen LogP contribution in [-0.2, 0) is 0 Å². The van der Waals surface area contributed by atoms with E-state index in [0.717, 1.165) is 18.7 Å². The molecule has 1 N–H and O–H groups in total. The van der Waals surface area contributed by atoms with Crippen LogP contribution in [0.2, 0.25) is 0 Å². The molecule has 0 radical (unpaired) electrons. The van der Waals surface area contributed by atoms with E-state index in [1.165, 1.54) is 25.8 Å². The predicted molar refractivity (Wildman–Crippen MR) is 77.9 cm³/mol. The summed E-state index contributed by atoms with van der Waals surface area (Å²) in [5.41, 5.74) is 1.11. The Hall–Kier alpha value is -1.37. The summed E-state index contributed by atoms with van der Waals surface area (Å²) in [6.07, 6.45) is 3.92. The molecule has 0 amide bonds. The second kappa shape index (κ2) is 7.28. The smallest absolute Gasteiger partial charge is 0.0837 e.